The van der Waals surface area contributed by atoms with Crippen molar-refractivity contribution in [2.24, 2.45) is 0 Å². The van der Waals surface area contributed by atoms with Gasteiger partial charge in [0.15, 0.2) is 0 Å². The van der Waals surface area contributed by atoms with Gasteiger partial charge in [0.2, 0.25) is 0 Å². The Hall–Kier alpha value is -3.32. The normalized spacial score (nSPS) is 10.3. The van der Waals surface area contributed by atoms with Gasteiger partial charge in [-0.25, -0.2) is 0 Å². The molecule has 0 bridgehead atoms. The summed E-state index contributed by atoms with van der Waals surface area (Å²) in [4.78, 5) is 12.7. The summed E-state index contributed by atoms with van der Waals surface area (Å²) in [5, 5.41) is 9.20. The molecule has 3 aromatic rings. The van der Waals surface area contributed by atoms with Gasteiger partial charge in [-0.3, -0.25) is 4.79 Å². The van der Waals surface area contributed by atoms with E-state index in [9.17, 15) is 10.1 Å². The predicted octanol–water partition coefficient (Wildman–Crippen LogP) is 3.75. The van der Waals surface area contributed by atoms with Gasteiger partial charge in [0.05, 0.1) is 19.3 Å². The van der Waals surface area contributed by atoms with Crippen molar-refractivity contribution in [1.82, 2.24) is 4.57 Å². The van der Waals surface area contributed by atoms with E-state index in [1.54, 1.807) is 17.7 Å². The Bertz CT molecular complexity index is 978. The minimum absolute atomic E-state index is 0.143. The van der Waals surface area contributed by atoms with E-state index < -0.39 is 0 Å². The summed E-state index contributed by atoms with van der Waals surface area (Å²) in [5.74, 6) is 0.754. The smallest absolute Gasteiger partial charge is 0.269 e. The summed E-state index contributed by atoms with van der Waals surface area (Å²) in [7, 11) is 1.62. The molecule has 0 aliphatic heterocycles. The summed E-state index contributed by atoms with van der Waals surface area (Å²) in [6.07, 6.45) is 0. The maximum Gasteiger partial charge on any atom is 0.269 e. The zero-order valence-corrected chi connectivity index (χ0v) is 14.2. The lowest BCUT2D eigenvalue weighted by atomic mass is 10.1. The molecule has 1 heterocycles. The number of nitriles is 1. The first-order valence-electron chi connectivity index (χ1n) is 7.96. The monoisotopic (exact) mass is 330 g/mol. The third-order valence-electron chi connectivity index (χ3n) is 4.14. The minimum atomic E-state index is -0.281. The molecule has 0 unspecified atom stereocenters. The summed E-state index contributed by atoms with van der Waals surface area (Å²) in [5.41, 5.74) is 3.71. The molecule has 0 aliphatic carbocycles. The number of methoxy groups -OCH3 is 1. The molecule has 0 fully saturated rings. The number of nitrogens with zero attached hydrogens (tertiary/aromatic N) is 2. The lowest BCUT2D eigenvalue weighted by molar-refractivity contribution is 0.415. The third kappa shape index (κ3) is 3.46. The Morgan fingerprint density at radius 1 is 1.00 bits per heavy atom. The number of hydrogen-bond acceptors (Lipinski definition) is 3. The molecule has 2 aromatic carbocycles. The van der Waals surface area contributed by atoms with Gasteiger partial charge in [-0.1, -0.05) is 29.8 Å². The van der Waals surface area contributed by atoms with Crippen LogP contribution in [-0.2, 0) is 6.54 Å². The summed E-state index contributed by atoms with van der Waals surface area (Å²) >= 11 is 0. The van der Waals surface area contributed by atoms with Crippen molar-refractivity contribution >= 4 is 0 Å². The molecular weight excluding hydrogens is 312 g/mol. The van der Waals surface area contributed by atoms with Crippen LogP contribution in [0.3, 0.4) is 0 Å². The van der Waals surface area contributed by atoms with E-state index in [2.05, 4.69) is 0 Å². The van der Waals surface area contributed by atoms with Crippen LogP contribution in [0.2, 0.25) is 0 Å². The summed E-state index contributed by atoms with van der Waals surface area (Å²) < 4.78 is 6.83. The standard InChI is InChI=1S/C21H18N2O2/c1-15-3-5-16(6-4-15)14-23-20(12-9-18(13-22)21(23)24)17-7-10-19(25-2)11-8-17/h3-12H,14H2,1-2H3. The van der Waals surface area contributed by atoms with Gasteiger partial charge in [-0.15, -0.1) is 0 Å². The highest BCUT2D eigenvalue weighted by Gasteiger charge is 2.11. The van der Waals surface area contributed by atoms with Crippen LogP contribution >= 0.6 is 0 Å². The van der Waals surface area contributed by atoms with Crippen molar-refractivity contribution in [2.45, 2.75) is 13.5 Å². The van der Waals surface area contributed by atoms with Gasteiger partial charge in [0.1, 0.15) is 17.4 Å². The van der Waals surface area contributed by atoms with E-state index in [0.29, 0.717) is 6.54 Å². The molecular formula is C21H18N2O2. The van der Waals surface area contributed by atoms with Crippen LogP contribution in [0.4, 0.5) is 0 Å². The van der Waals surface area contributed by atoms with Crippen LogP contribution in [0.1, 0.15) is 16.7 Å². The molecule has 4 nitrogen and oxygen atoms in total. The lowest BCUT2D eigenvalue weighted by Gasteiger charge is -2.14. The maximum atomic E-state index is 12.7. The van der Waals surface area contributed by atoms with Gasteiger partial charge < -0.3 is 9.30 Å². The number of rotatable bonds is 4. The third-order valence-corrected chi connectivity index (χ3v) is 4.14. The Kier molecular flexibility index (Phi) is 4.67. The highest BCUT2D eigenvalue weighted by molar-refractivity contribution is 5.61. The second kappa shape index (κ2) is 7.06. The number of aromatic nitrogens is 1. The maximum absolute atomic E-state index is 12.7. The highest BCUT2D eigenvalue weighted by Crippen LogP contribution is 2.22. The molecule has 0 spiro atoms. The van der Waals surface area contributed by atoms with Crippen molar-refractivity contribution < 1.29 is 4.74 Å². The average molecular weight is 330 g/mol. The largest absolute Gasteiger partial charge is 0.497 e. The fraction of sp³-hybridized carbons (Fsp3) is 0.143. The number of hydrogen-bond donors (Lipinski definition) is 0. The van der Waals surface area contributed by atoms with Crippen LogP contribution in [0.5, 0.6) is 5.75 Å². The Balaban J connectivity index is 2.11. The molecule has 0 saturated carbocycles. The van der Waals surface area contributed by atoms with Gasteiger partial charge >= 0.3 is 0 Å². The summed E-state index contributed by atoms with van der Waals surface area (Å²) in [6, 6.07) is 20.9. The van der Waals surface area contributed by atoms with E-state index in [0.717, 1.165) is 28.1 Å². The average Bonchev–Trinajstić information content (AvgIpc) is 2.65. The lowest BCUT2D eigenvalue weighted by Crippen LogP contribution is -2.24. The van der Waals surface area contributed by atoms with Crippen molar-refractivity contribution in [3.63, 3.8) is 0 Å². The highest BCUT2D eigenvalue weighted by atomic mass is 16.5. The number of pyridine rings is 1. The van der Waals surface area contributed by atoms with Crippen molar-refractivity contribution in [1.29, 1.82) is 5.26 Å². The van der Waals surface area contributed by atoms with E-state index in [1.165, 1.54) is 0 Å². The van der Waals surface area contributed by atoms with Crippen LogP contribution in [0, 0.1) is 18.3 Å². The molecule has 0 radical (unpaired) electrons. The summed E-state index contributed by atoms with van der Waals surface area (Å²) in [6.45, 7) is 2.44. The van der Waals surface area contributed by atoms with Crippen molar-refractivity contribution in [3.05, 3.63) is 87.7 Å². The first-order valence-corrected chi connectivity index (χ1v) is 7.96. The molecule has 0 atom stereocenters. The Morgan fingerprint density at radius 3 is 2.28 bits per heavy atom. The molecule has 124 valence electrons. The SMILES string of the molecule is COc1ccc(-c2ccc(C#N)c(=O)n2Cc2ccc(C)cc2)cc1. The Morgan fingerprint density at radius 2 is 1.68 bits per heavy atom. The quantitative estimate of drug-likeness (QED) is 0.732. The van der Waals surface area contributed by atoms with Crippen molar-refractivity contribution in [2.75, 3.05) is 7.11 Å². The molecule has 4 heteroatoms. The Labute approximate surface area is 146 Å². The zero-order chi connectivity index (χ0) is 17.8. The zero-order valence-electron chi connectivity index (χ0n) is 14.2. The van der Waals surface area contributed by atoms with Crippen LogP contribution in [0.25, 0.3) is 11.3 Å². The second-order valence-electron chi connectivity index (χ2n) is 5.85. The molecule has 0 saturated heterocycles. The van der Waals surface area contributed by atoms with Gasteiger partial charge in [0, 0.05) is 0 Å². The fourth-order valence-corrected chi connectivity index (χ4v) is 2.71. The molecule has 25 heavy (non-hydrogen) atoms. The molecule has 0 aliphatic rings. The van der Waals surface area contributed by atoms with E-state index in [-0.39, 0.29) is 11.1 Å². The first kappa shape index (κ1) is 16.5. The number of aryl methyl sites for hydroxylation is 1. The van der Waals surface area contributed by atoms with Crippen LogP contribution < -0.4 is 10.3 Å². The molecule has 0 amide bonds. The number of ether oxygens (including phenoxy) is 1. The minimum Gasteiger partial charge on any atom is -0.497 e. The van der Waals surface area contributed by atoms with Crippen LogP contribution in [-0.4, -0.2) is 11.7 Å². The topological polar surface area (TPSA) is 55.0 Å². The van der Waals surface area contributed by atoms with Gasteiger partial charge in [0.25, 0.3) is 5.56 Å². The second-order valence-corrected chi connectivity index (χ2v) is 5.85. The van der Waals surface area contributed by atoms with Gasteiger partial charge in [-0.2, -0.15) is 5.26 Å². The van der Waals surface area contributed by atoms with E-state index >= 15 is 0 Å². The first-order chi connectivity index (χ1) is 12.1. The van der Waals surface area contributed by atoms with E-state index in [1.807, 2.05) is 67.6 Å². The molecule has 3 rings (SSSR count). The fourth-order valence-electron chi connectivity index (χ4n) is 2.71. The molecule has 1 aromatic heterocycles. The molecule has 0 N–H and O–H groups in total. The van der Waals surface area contributed by atoms with E-state index in [4.69, 9.17) is 4.74 Å². The number of benzene rings is 2. The predicted molar refractivity (Wildman–Crippen MR) is 97.7 cm³/mol. The van der Waals surface area contributed by atoms with Gasteiger partial charge in [-0.05, 0) is 54.4 Å². The van der Waals surface area contributed by atoms with Crippen LogP contribution in [0.15, 0.2) is 65.5 Å². The van der Waals surface area contributed by atoms with Crippen molar-refractivity contribution in [3.8, 4) is 23.1 Å².